The fourth-order valence-corrected chi connectivity index (χ4v) is 3.55. The van der Waals surface area contributed by atoms with Gasteiger partial charge in [0.2, 0.25) is 0 Å². The van der Waals surface area contributed by atoms with Gasteiger partial charge in [-0.3, -0.25) is 4.79 Å². The second kappa shape index (κ2) is 5.35. The number of benzene rings is 1. The van der Waals surface area contributed by atoms with Crippen LogP contribution in [0, 0.1) is 0 Å². The largest absolute Gasteiger partial charge is 0.493 e. The van der Waals surface area contributed by atoms with Crippen LogP contribution in [0.25, 0.3) is 0 Å². The van der Waals surface area contributed by atoms with Gasteiger partial charge in [0.15, 0.2) is 5.78 Å². The fraction of sp³-hybridized carbons (Fsp3) is 0.267. The van der Waals surface area contributed by atoms with E-state index in [-0.39, 0.29) is 11.7 Å². The van der Waals surface area contributed by atoms with E-state index in [0.717, 1.165) is 17.7 Å². The van der Waals surface area contributed by atoms with E-state index in [9.17, 15) is 4.79 Å². The summed E-state index contributed by atoms with van der Waals surface area (Å²) >= 11 is 7.43. The quantitative estimate of drug-likeness (QED) is 0.776. The average Bonchev–Trinajstić information content (AvgIpc) is 2.85. The zero-order valence-electron chi connectivity index (χ0n) is 10.3. The van der Waals surface area contributed by atoms with Crippen molar-refractivity contribution in [3.05, 3.63) is 51.2 Å². The molecule has 0 bridgehead atoms. The van der Waals surface area contributed by atoms with E-state index < -0.39 is 0 Å². The van der Waals surface area contributed by atoms with Crippen LogP contribution in [-0.2, 0) is 0 Å². The Hall–Kier alpha value is -1.32. The maximum absolute atomic E-state index is 12.3. The molecule has 0 amide bonds. The van der Waals surface area contributed by atoms with Crippen molar-refractivity contribution in [3.63, 3.8) is 0 Å². The Morgan fingerprint density at radius 3 is 3.00 bits per heavy atom. The smallest absolute Gasteiger partial charge is 0.174 e. The third-order valence-electron chi connectivity index (χ3n) is 3.38. The van der Waals surface area contributed by atoms with Crippen LogP contribution in [0.4, 0.5) is 0 Å². The van der Waals surface area contributed by atoms with Crippen molar-refractivity contribution in [1.82, 2.24) is 0 Å². The molecule has 0 aliphatic carbocycles. The van der Waals surface area contributed by atoms with Crippen molar-refractivity contribution in [2.45, 2.75) is 18.8 Å². The van der Waals surface area contributed by atoms with E-state index in [1.165, 1.54) is 11.3 Å². The molecule has 98 valence electrons. The third kappa shape index (κ3) is 2.53. The van der Waals surface area contributed by atoms with Crippen LogP contribution >= 0.6 is 22.9 Å². The number of carbonyl (C=O) groups is 1. The van der Waals surface area contributed by atoms with E-state index in [4.69, 9.17) is 16.3 Å². The minimum Gasteiger partial charge on any atom is -0.493 e. The van der Waals surface area contributed by atoms with Crippen molar-refractivity contribution in [1.29, 1.82) is 0 Å². The van der Waals surface area contributed by atoms with E-state index in [2.05, 4.69) is 0 Å². The van der Waals surface area contributed by atoms with Gasteiger partial charge in [-0.2, -0.15) is 0 Å². The summed E-state index contributed by atoms with van der Waals surface area (Å²) in [4.78, 5) is 13.0. The number of hydrogen-bond acceptors (Lipinski definition) is 3. The highest BCUT2D eigenvalue weighted by molar-refractivity contribution is 7.12. The highest BCUT2D eigenvalue weighted by atomic mass is 35.5. The Morgan fingerprint density at radius 1 is 1.37 bits per heavy atom. The Morgan fingerprint density at radius 2 is 2.21 bits per heavy atom. The molecule has 1 aliphatic rings. The first-order chi connectivity index (χ1) is 9.25. The Kier molecular flexibility index (Phi) is 3.58. The molecule has 0 spiro atoms. The van der Waals surface area contributed by atoms with Crippen molar-refractivity contribution in [3.8, 4) is 5.75 Å². The molecule has 2 nitrogen and oxygen atoms in total. The molecule has 1 aromatic carbocycles. The van der Waals surface area contributed by atoms with Gasteiger partial charge in [-0.15, -0.1) is 11.3 Å². The van der Waals surface area contributed by atoms with E-state index in [0.29, 0.717) is 22.9 Å². The van der Waals surface area contributed by atoms with Crippen molar-refractivity contribution in [2.24, 2.45) is 0 Å². The zero-order chi connectivity index (χ0) is 13.2. The highest BCUT2D eigenvalue weighted by Crippen LogP contribution is 2.37. The van der Waals surface area contributed by atoms with Gasteiger partial charge in [-0.05, 0) is 35.4 Å². The molecule has 19 heavy (non-hydrogen) atoms. The van der Waals surface area contributed by atoms with Crippen LogP contribution in [0.15, 0.2) is 35.7 Å². The lowest BCUT2D eigenvalue weighted by Gasteiger charge is -2.25. The molecule has 0 saturated carbocycles. The van der Waals surface area contributed by atoms with Crippen LogP contribution in [0.1, 0.15) is 34.0 Å². The number of para-hydroxylation sites is 1. The van der Waals surface area contributed by atoms with Crippen LogP contribution in [0.2, 0.25) is 5.02 Å². The predicted molar refractivity (Wildman–Crippen MR) is 77.6 cm³/mol. The summed E-state index contributed by atoms with van der Waals surface area (Å²) in [5.74, 6) is 1.26. The molecule has 3 rings (SSSR count). The van der Waals surface area contributed by atoms with Gasteiger partial charge in [0.25, 0.3) is 0 Å². The fourth-order valence-electron chi connectivity index (χ4n) is 2.44. The number of rotatable bonds is 3. The number of thiophene rings is 1. The van der Waals surface area contributed by atoms with Crippen molar-refractivity contribution >= 4 is 28.7 Å². The third-order valence-corrected chi connectivity index (χ3v) is 4.77. The number of ether oxygens (including phenoxy) is 1. The van der Waals surface area contributed by atoms with Gasteiger partial charge in [-0.25, -0.2) is 0 Å². The first-order valence-corrected chi connectivity index (χ1v) is 7.49. The molecule has 0 fully saturated rings. The molecule has 1 aliphatic heterocycles. The summed E-state index contributed by atoms with van der Waals surface area (Å²) in [5, 5.41) is 2.42. The van der Waals surface area contributed by atoms with Gasteiger partial charge in [0.1, 0.15) is 5.75 Å². The van der Waals surface area contributed by atoms with Gasteiger partial charge in [0.05, 0.1) is 16.5 Å². The van der Waals surface area contributed by atoms with E-state index in [1.54, 1.807) is 6.07 Å². The molecular formula is C15H13ClO2S. The molecule has 1 unspecified atom stereocenters. The molecule has 2 aromatic rings. The first kappa shape index (κ1) is 12.7. The molecule has 0 saturated heterocycles. The lowest BCUT2D eigenvalue weighted by Crippen LogP contribution is -2.16. The van der Waals surface area contributed by atoms with Crippen molar-refractivity contribution in [2.75, 3.05) is 6.61 Å². The SMILES string of the molecule is O=C(CC1CCOc2ccccc21)c1sccc1Cl. The van der Waals surface area contributed by atoms with Crippen molar-refractivity contribution < 1.29 is 9.53 Å². The summed E-state index contributed by atoms with van der Waals surface area (Å²) in [6.45, 7) is 0.674. The van der Waals surface area contributed by atoms with Crippen LogP contribution in [0.5, 0.6) is 5.75 Å². The lowest BCUT2D eigenvalue weighted by atomic mass is 9.88. The van der Waals surface area contributed by atoms with E-state index in [1.807, 2.05) is 29.6 Å². The van der Waals surface area contributed by atoms with Gasteiger partial charge in [-0.1, -0.05) is 29.8 Å². The highest BCUT2D eigenvalue weighted by Gasteiger charge is 2.25. The topological polar surface area (TPSA) is 26.3 Å². The lowest BCUT2D eigenvalue weighted by molar-refractivity contribution is 0.0970. The van der Waals surface area contributed by atoms with Gasteiger partial charge >= 0.3 is 0 Å². The molecule has 0 radical (unpaired) electrons. The Labute approximate surface area is 121 Å². The number of Topliss-reactive ketones (excluding diaryl/α,β-unsaturated/α-hetero) is 1. The average molecular weight is 293 g/mol. The molecule has 2 heterocycles. The minimum absolute atomic E-state index is 0.127. The monoisotopic (exact) mass is 292 g/mol. The molecular weight excluding hydrogens is 280 g/mol. The van der Waals surface area contributed by atoms with E-state index >= 15 is 0 Å². The van der Waals surface area contributed by atoms with Crippen LogP contribution in [0.3, 0.4) is 0 Å². The van der Waals surface area contributed by atoms with Crippen LogP contribution in [-0.4, -0.2) is 12.4 Å². The number of halogens is 1. The molecule has 0 N–H and O–H groups in total. The summed E-state index contributed by atoms with van der Waals surface area (Å²) in [5.41, 5.74) is 1.13. The minimum atomic E-state index is 0.127. The second-order valence-corrected chi connectivity index (χ2v) is 5.92. The summed E-state index contributed by atoms with van der Waals surface area (Å²) in [6, 6.07) is 9.73. The second-order valence-electron chi connectivity index (χ2n) is 4.60. The first-order valence-electron chi connectivity index (χ1n) is 6.23. The summed E-state index contributed by atoms with van der Waals surface area (Å²) < 4.78 is 5.61. The number of carbonyl (C=O) groups excluding carboxylic acids is 1. The maximum Gasteiger partial charge on any atom is 0.174 e. The Balaban J connectivity index is 1.82. The normalized spacial score (nSPS) is 17.6. The number of ketones is 1. The summed E-state index contributed by atoms with van der Waals surface area (Å²) in [7, 11) is 0. The standard InChI is InChI=1S/C15H13ClO2S/c16-12-6-8-19-15(12)13(17)9-10-5-7-18-14-4-2-1-3-11(10)14/h1-4,6,8,10H,5,7,9H2. The van der Waals surface area contributed by atoms with Crippen LogP contribution < -0.4 is 4.74 Å². The van der Waals surface area contributed by atoms with Gasteiger partial charge in [0, 0.05) is 6.42 Å². The maximum atomic E-state index is 12.3. The predicted octanol–water partition coefficient (Wildman–Crippen LogP) is 4.54. The molecule has 1 atom stereocenters. The summed E-state index contributed by atoms with van der Waals surface area (Å²) in [6.07, 6.45) is 1.38. The van der Waals surface area contributed by atoms with Gasteiger partial charge < -0.3 is 4.74 Å². The number of fused-ring (bicyclic) bond motifs is 1. The molecule has 1 aromatic heterocycles. The number of hydrogen-bond donors (Lipinski definition) is 0. The molecule has 4 heteroatoms. The Bertz CT molecular complexity index is 606. The zero-order valence-corrected chi connectivity index (χ0v) is 11.8.